The van der Waals surface area contributed by atoms with Crippen molar-refractivity contribution in [1.29, 1.82) is 5.26 Å². The lowest BCUT2D eigenvalue weighted by Crippen LogP contribution is -2.62. The lowest BCUT2D eigenvalue weighted by atomic mass is 10.0. The number of hydrogen-bond acceptors (Lipinski definition) is 8. The number of ether oxygens (including phenoxy) is 1. The molecule has 0 spiro atoms. The SMILES string of the molecule is COC(C)(C)C(=O)N1C[C@H](C)N(c2ncnc3c2c(N2CCC2)cn3-c2cc(C#N)ccn2)C[C@H]1C. The summed E-state index contributed by atoms with van der Waals surface area (Å²) in [6.07, 6.45) is 6.43. The van der Waals surface area contributed by atoms with Gasteiger partial charge in [-0.15, -0.1) is 0 Å². The summed E-state index contributed by atoms with van der Waals surface area (Å²) in [4.78, 5) is 33.6. The number of pyridine rings is 1. The van der Waals surface area contributed by atoms with E-state index < -0.39 is 5.60 Å². The van der Waals surface area contributed by atoms with Crippen molar-refractivity contribution in [3.05, 3.63) is 36.4 Å². The highest BCUT2D eigenvalue weighted by Gasteiger charge is 2.40. The number of methoxy groups -OCH3 is 1. The molecule has 0 radical (unpaired) electrons. The monoisotopic (exact) mass is 488 g/mol. The summed E-state index contributed by atoms with van der Waals surface area (Å²) in [5, 5.41) is 10.4. The predicted octanol–water partition coefficient (Wildman–Crippen LogP) is 2.75. The molecule has 10 heteroatoms. The zero-order valence-corrected chi connectivity index (χ0v) is 21.5. The standard InChI is InChI=1S/C26H32N8O2/c1-17-14-33(25(35)26(3,4)36-5)18(2)13-32(17)23-22-20(31-9-6-10-31)15-34(24(22)30-16-29-23)21-11-19(12-27)7-8-28-21/h7-8,11,15-18H,6,9-10,13-14H2,1-5H3/t17-,18+/m0/s1. The van der Waals surface area contributed by atoms with E-state index in [1.807, 2.05) is 23.3 Å². The van der Waals surface area contributed by atoms with Crippen molar-refractivity contribution >= 4 is 28.4 Å². The number of piperazine rings is 1. The van der Waals surface area contributed by atoms with Crippen LogP contribution in [0.2, 0.25) is 0 Å². The molecule has 3 aromatic rings. The topological polar surface area (TPSA) is 103 Å². The van der Waals surface area contributed by atoms with E-state index in [4.69, 9.17) is 9.72 Å². The van der Waals surface area contributed by atoms with Gasteiger partial charge in [-0.3, -0.25) is 9.36 Å². The molecule has 0 saturated carbocycles. The van der Waals surface area contributed by atoms with E-state index in [9.17, 15) is 10.1 Å². The Morgan fingerprint density at radius 2 is 1.94 bits per heavy atom. The largest absolute Gasteiger partial charge is 0.369 e. The molecule has 0 bridgehead atoms. The Balaban J connectivity index is 1.57. The molecule has 0 N–H and O–H groups in total. The Labute approximate surface area is 211 Å². The van der Waals surface area contributed by atoms with E-state index in [1.54, 1.807) is 31.8 Å². The summed E-state index contributed by atoms with van der Waals surface area (Å²) in [6, 6.07) is 5.69. The van der Waals surface area contributed by atoms with Gasteiger partial charge in [-0.2, -0.15) is 5.26 Å². The van der Waals surface area contributed by atoms with Crippen LogP contribution >= 0.6 is 0 Å². The average molecular weight is 489 g/mol. The van der Waals surface area contributed by atoms with Gasteiger partial charge in [0, 0.05) is 57.8 Å². The first kappa shape index (κ1) is 24.0. The highest BCUT2D eigenvalue weighted by molar-refractivity contribution is 6.01. The summed E-state index contributed by atoms with van der Waals surface area (Å²) in [5.74, 6) is 1.50. The van der Waals surface area contributed by atoms with Crippen molar-refractivity contribution in [2.45, 2.75) is 51.8 Å². The maximum atomic E-state index is 13.2. The fourth-order valence-electron chi connectivity index (χ4n) is 4.97. The molecule has 2 atom stereocenters. The fraction of sp³-hybridized carbons (Fsp3) is 0.500. The highest BCUT2D eigenvalue weighted by Crippen LogP contribution is 2.39. The second-order valence-corrected chi connectivity index (χ2v) is 10.2. The molecule has 0 aliphatic carbocycles. The van der Waals surface area contributed by atoms with Crippen molar-refractivity contribution in [1.82, 2.24) is 24.4 Å². The molecule has 1 amide bonds. The van der Waals surface area contributed by atoms with Crippen LogP contribution in [0.15, 0.2) is 30.9 Å². The molecular weight excluding hydrogens is 456 g/mol. The zero-order valence-electron chi connectivity index (χ0n) is 21.5. The summed E-state index contributed by atoms with van der Waals surface area (Å²) in [5.41, 5.74) is 1.49. The van der Waals surface area contributed by atoms with Gasteiger partial charge in [0.1, 0.15) is 23.6 Å². The lowest BCUT2D eigenvalue weighted by molar-refractivity contribution is -0.154. The molecule has 2 saturated heterocycles. The van der Waals surface area contributed by atoms with Gasteiger partial charge in [0.25, 0.3) is 5.91 Å². The van der Waals surface area contributed by atoms with E-state index in [2.05, 4.69) is 45.9 Å². The van der Waals surface area contributed by atoms with Crippen molar-refractivity contribution in [3.8, 4) is 11.9 Å². The Bertz CT molecular complexity index is 1340. The molecule has 3 aromatic heterocycles. The van der Waals surface area contributed by atoms with E-state index in [0.717, 1.165) is 42.0 Å². The molecule has 5 heterocycles. The molecule has 36 heavy (non-hydrogen) atoms. The van der Waals surface area contributed by atoms with E-state index >= 15 is 0 Å². The number of anilines is 2. The van der Waals surface area contributed by atoms with Crippen LogP contribution in [0.1, 0.15) is 39.7 Å². The second-order valence-electron chi connectivity index (χ2n) is 10.2. The molecule has 2 aliphatic heterocycles. The average Bonchev–Trinajstić information content (AvgIpc) is 3.23. The number of rotatable bonds is 5. The van der Waals surface area contributed by atoms with Crippen LogP contribution in [0.25, 0.3) is 16.9 Å². The molecule has 2 aliphatic rings. The van der Waals surface area contributed by atoms with E-state index in [0.29, 0.717) is 24.5 Å². The predicted molar refractivity (Wildman–Crippen MR) is 137 cm³/mol. The van der Waals surface area contributed by atoms with Crippen LogP contribution in [0, 0.1) is 11.3 Å². The van der Waals surface area contributed by atoms with Gasteiger partial charge >= 0.3 is 0 Å². The van der Waals surface area contributed by atoms with Crippen LogP contribution in [-0.2, 0) is 9.53 Å². The fourth-order valence-corrected chi connectivity index (χ4v) is 4.97. The minimum absolute atomic E-state index is 0.00676. The van der Waals surface area contributed by atoms with E-state index in [-0.39, 0.29) is 18.0 Å². The maximum absolute atomic E-state index is 13.2. The first-order chi connectivity index (χ1) is 17.2. The van der Waals surface area contributed by atoms with Crippen LogP contribution < -0.4 is 9.80 Å². The van der Waals surface area contributed by atoms with E-state index in [1.165, 1.54) is 0 Å². The number of aromatic nitrogens is 4. The van der Waals surface area contributed by atoms with Gasteiger partial charge < -0.3 is 19.4 Å². The quantitative estimate of drug-likeness (QED) is 0.540. The number of nitriles is 1. The molecule has 2 fully saturated rings. The highest BCUT2D eigenvalue weighted by atomic mass is 16.5. The third kappa shape index (κ3) is 3.93. The third-order valence-electron chi connectivity index (χ3n) is 7.41. The third-order valence-corrected chi connectivity index (χ3v) is 7.41. The number of carbonyl (C=O) groups excluding carboxylic acids is 1. The van der Waals surface area contributed by atoms with Crippen molar-refractivity contribution in [2.24, 2.45) is 0 Å². The molecule has 0 unspecified atom stereocenters. The van der Waals surface area contributed by atoms with Gasteiger partial charge in [0.15, 0.2) is 5.65 Å². The van der Waals surface area contributed by atoms with Gasteiger partial charge in [-0.25, -0.2) is 15.0 Å². The molecule has 10 nitrogen and oxygen atoms in total. The first-order valence-electron chi connectivity index (χ1n) is 12.4. The van der Waals surface area contributed by atoms with Crippen LogP contribution in [-0.4, -0.2) is 81.3 Å². The maximum Gasteiger partial charge on any atom is 0.254 e. The summed E-state index contributed by atoms with van der Waals surface area (Å²) < 4.78 is 7.42. The Morgan fingerprint density at radius 3 is 2.61 bits per heavy atom. The molecule has 188 valence electrons. The summed E-state index contributed by atoms with van der Waals surface area (Å²) in [6.45, 7) is 11.0. The number of nitrogens with zero attached hydrogens (tertiary/aromatic N) is 8. The number of fused-ring (bicyclic) bond motifs is 1. The number of hydrogen-bond donors (Lipinski definition) is 0. The number of amides is 1. The number of carbonyl (C=O) groups is 1. The Kier molecular flexibility index (Phi) is 6.04. The van der Waals surface area contributed by atoms with Crippen LogP contribution in [0.4, 0.5) is 11.5 Å². The normalized spacial score (nSPS) is 20.4. The van der Waals surface area contributed by atoms with Crippen LogP contribution in [0.3, 0.4) is 0 Å². The van der Waals surface area contributed by atoms with Crippen molar-refractivity contribution in [2.75, 3.05) is 43.1 Å². The second kappa shape index (κ2) is 9.06. The Morgan fingerprint density at radius 1 is 1.17 bits per heavy atom. The zero-order chi connectivity index (χ0) is 25.6. The minimum Gasteiger partial charge on any atom is -0.369 e. The van der Waals surface area contributed by atoms with Gasteiger partial charge in [0.2, 0.25) is 0 Å². The molecular formula is C26H32N8O2. The summed E-state index contributed by atoms with van der Waals surface area (Å²) >= 11 is 0. The van der Waals surface area contributed by atoms with Crippen LogP contribution in [0.5, 0.6) is 0 Å². The first-order valence-corrected chi connectivity index (χ1v) is 12.4. The summed E-state index contributed by atoms with van der Waals surface area (Å²) in [7, 11) is 1.57. The smallest absolute Gasteiger partial charge is 0.254 e. The van der Waals surface area contributed by atoms with Crippen molar-refractivity contribution in [3.63, 3.8) is 0 Å². The van der Waals surface area contributed by atoms with Crippen molar-refractivity contribution < 1.29 is 9.53 Å². The lowest BCUT2D eigenvalue weighted by Gasteiger charge is -2.46. The van der Waals surface area contributed by atoms with Gasteiger partial charge in [-0.05, 0) is 46.2 Å². The Hall–Kier alpha value is -3.71. The minimum atomic E-state index is -0.870. The van der Waals surface area contributed by atoms with Gasteiger partial charge in [-0.1, -0.05) is 0 Å². The van der Waals surface area contributed by atoms with Gasteiger partial charge in [0.05, 0.1) is 22.7 Å². The molecule has 0 aromatic carbocycles. The molecule has 5 rings (SSSR count).